The van der Waals surface area contributed by atoms with Crippen molar-refractivity contribution in [3.05, 3.63) is 24.5 Å². The van der Waals surface area contributed by atoms with Gasteiger partial charge in [-0.15, -0.1) is 6.58 Å². The largest absolute Gasteiger partial charge is 0.292 e. The standard InChI is InChI=1S/C7H8N2OS/c1-2-3-4-7(10)6-5-8-11-9-6/h2,5H,1,3-4H2. The third kappa shape index (κ3) is 2.23. The van der Waals surface area contributed by atoms with Crippen LogP contribution in [0.1, 0.15) is 23.3 Å². The van der Waals surface area contributed by atoms with Gasteiger partial charge in [0, 0.05) is 6.42 Å². The Bertz CT molecular complexity index is 243. The first-order chi connectivity index (χ1) is 5.34. The van der Waals surface area contributed by atoms with Gasteiger partial charge in [-0.1, -0.05) is 6.08 Å². The average Bonchev–Trinajstić information content (AvgIpc) is 2.52. The van der Waals surface area contributed by atoms with Crippen LogP contribution in [0, 0.1) is 0 Å². The van der Waals surface area contributed by atoms with Gasteiger partial charge >= 0.3 is 0 Å². The lowest BCUT2D eigenvalue weighted by Crippen LogP contribution is -1.97. The van der Waals surface area contributed by atoms with Gasteiger partial charge in [-0.2, -0.15) is 8.75 Å². The molecule has 0 radical (unpaired) electrons. The number of hydrogen-bond donors (Lipinski definition) is 0. The summed E-state index contributed by atoms with van der Waals surface area (Å²) in [5.74, 6) is 0.0404. The average molecular weight is 168 g/mol. The minimum atomic E-state index is 0.0404. The second-order valence-electron chi connectivity index (χ2n) is 2.04. The van der Waals surface area contributed by atoms with E-state index in [0.717, 1.165) is 11.7 Å². The third-order valence-electron chi connectivity index (χ3n) is 1.22. The summed E-state index contributed by atoms with van der Waals surface area (Å²) >= 11 is 1.05. The second kappa shape index (κ2) is 3.98. The Morgan fingerprint density at radius 2 is 2.64 bits per heavy atom. The normalized spacial score (nSPS) is 9.45. The van der Waals surface area contributed by atoms with Crippen molar-refractivity contribution in [1.82, 2.24) is 8.75 Å². The van der Waals surface area contributed by atoms with E-state index in [1.165, 1.54) is 6.20 Å². The molecule has 0 amide bonds. The molecular formula is C7H8N2OS. The number of aromatic nitrogens is 2. The molecular weight excluding hydrogens is 160 g/mol. The molecule has 0 unspecified atom stereocenters. The van der Waals surface area contributed by atoms with E-state index in [-0.39, 0.29) is 5.78 Å². The molecule has 58 valence electrons. The molecule has 11 heavy (non-hydrogen) atoms. The van der Waals surface area contributed by atoms with Crippen LogP contribution in [0.3, 0.4) is 0 Å². The number of hydrogen-bond acceptors (Lipinski definition) is 4. The van der Waals surface area contributed by atoms with Crippen LogP contribution >= 0.6 is 11.7 Å². The fraction of sp³-hybridized carbons (Fsp3) is 0.286. The van der Waals surface area contributed by atoms with Gasteiger partial charge in [-0.25, -0.2) is 0 Å². The monoisotopic (exact) mass is 168 g/mol. The topological polar surface area (TPSA) is 42.9 Å². The predicted octanol–water partition coefficient (Wildman–Crippen LogP) is 1.69. The molecule has 0 saturated heterocycles. The summed E-state index contributed by atoms with van der Waals surface area (Å²) in [7, 11) is 0. The molecule has 1 heterocycles. The van der Waals surface area contributed by atoms with E-state index in [9.17, 15) is 4.79 Å². The summed E-state index contributed by atoms with van der Waals surface area (Å²) in [4.78, 5) is 11.1. The molecule has 0 fully saturated rings. The maximum absolute atomic E-state index is 11.1. The molecule has 1 rings (SSSR count). The van der Waals surface area contributed by atoms with E-state index in [1.54, 1.807) is 6.08 Å². The lowest BCUT2D eigenvalue weighted by Gasteiger charge is -1.89. The first-order valence-corrected chi connectivity index (χ1v) is 3.99. The molecule has 0 N–H and O–H groups in total. The van der Waals surface area contributed by atoms with Gasteiger partial charge in [0.15, 0.2) is 5.78 Å². The zero-order valence-electron chi connectivity index (χ0n) is 5.99. The molecule has 1 aromatic heterocycles. The van der Waals surface area contributed by atoms with E-state index in [0.29, 0.717) is 18.5 Å². The number of Topliss-reactive ketones (excluding diaryl/α,β-unsaturated/α-hetero) is 1. The highest BCUT2D eigenvalue weighted by Gasteiger charge is 2.06. The number of carbonyl (C=O) groups is 1. The molecule has 0 saturated carbocycles. The summed E-state index contributed by atoms with van der Waals surface area (Å²) in [6.45, 7) is 3.53. The zero-order chi connectivity index (χ0) is 8.10. The van der Waals surface area contributed by atoms with Gasteiger partial charge in [0.25, 0.3) is 0 Å². The van der Waals surface area contributed by atoms with Gasteiger partial charge in [-0.05, 0) is 6.42 Å². The van der Waals surface area contributed by atoms with Gasteiger partial charge in [-0.3, -0.25) is 4.79 Å². The Labute approximate surface area is 69.1 Å². The Hall–Kier alpha value is -1.03. The Balaban J connectivity index is 2.49. The van der Waals surface area contributed by atoms with Crippen molar-refractivity contribution in [2.45, 2.75) is 12.8 Å². The molecule has 0 aromatic carbocycles. The SMILES string of the molecule is C=CCCC(=O)c1cnsn1. The summed E-state index contributed by atoms with van der Waals surface area (Å²) < 4.78 is 7.55. The van der Waals surface area contributed by atoms with Crippen molar-refractivity contribution in [1.29, 1.82) is 0 Å². The van der Waals surface area contributed by atoms with Crippen molar-refractivity contribution in [3.8, 4) is 0 Å². The van der Waals surface area contributed by atoms with E-state index in [2.05, 4.69) is 15.3 Å². The highest BCUT2D eigenvalue weighted by Crippen LogP contribution is 2.02. The Morgan fingerprint density at radius 1 is 1.82 bits per heavy atom. The number of rotatable bonds is 4. The highest BCUT2D eigenvalue weighted by atomic mass is 32.1. The minimum absolute atomic E-state index is 0.0404. The molecule has 0 aliphatic rings. The lowest BCUT2D eigenvalue weighted by atomic mass is 10.2. The van der Waals surface area contributed by atoms with Crippen LogP contribution in [0.2, 0.25) is 0 Å². The maximum Gasteiger partial charge on any atom is 0.184 e. The summed E-state index contributed by atoms with van der Waals surface area (Å²) in [6, 6.07) is 0. The molecule has 0 bridgehead atoms. The predicted molar refractivity (Wildman–Crippen MR) is 43.7 cm³/mol. The van der Waals surface area contributed by atoms with Crippen LogP contribution in [-0.4, -0.2) is 14.5 Å². The van der Waals surface area contributed by atoms with Gasteiger partial charge in [0.05, 0.1) is 17.9 Å². The number of nitrogens with zero attached hydrogens (tertiary/aromatic N) is 2. The molecule has 4 heteroatoms. The van der Waals surface area contributed by atoms with Crippen molar-refractivity contribution in [2.24, 2.45) is 0 Å². The minimum Gasteiger partial charge on any atom is -0.292 e. The van der Waals surface area contributed by atoms with Gasteiger partial charge in [0.1, 0.15) is 5.69 Å². The summed E-state index contributed by atoms with van der Waals surface area (Å²) in [5, 5.41) is 0. The Kier molecular flexibility index (Phi) is 2.92. The van der Waals surface area contributed by atoms with Crippen LogP contribution in [0.5, 0.6) is 0 Å². The number of carbonyl (C=O) groups excluding carboxylic acids is 1. The van der Waals surface area contributed by atoms with Gasteiger partial charge in [0.2, 0.25) is 0 Å². The van der Waals surface area contributed by atoms with E-state index in [4.69, 9.17) is 0 Å². The fourth-order valence-corrected chi connectivity index (χ4v) is 1.08. The van der Waals surface area contributed by atoms with Crippen LogP contribution in [0.4, 0.5) is 0 Å². The third-order valence-corrected chi connectivity index (χ3v) is 1.70. The molecule has 0 spiro atoms. The summed E-state index contributed by atoms with van der Waals surface area (Å²) in [5.41, 5.74) is 0.469. The maximum atomic E-state index is 11.1. The smallest absolute Gasteiger partial charge is 0.184 e. The number of ketones is 1. The van der Waals surface area contributed by atoms with Crippen molar-refractivity contribution in [2.75, 3.05) is 0 Å². The van der Waals surface area contributed by atoms with Gasteiger partial charge < -0.3 is 0 Å². The zero-order valence-corrected chi connectivity index (χ0v) is 6.80. The van der Waals surface area contributed by atoms with Crippen LogP contribution in [-0.2, 0) is 0 Å². The number of allylic oxidation sites excluding steroid dienone is 1. The molecule has 0 aliphatic heterocycles. The van der Waals surface area contributed by atoms with Crippen LogP contribution in [0.15, 0.2) is 18.9 Å². The summed E-state index contributed by atoms with van der Waals surface area (Å²) in [6.07, 6.45) is 4.40. The Morgan fingerprint density at radius 3 is 3.18 bits per heavy atom. The van der Waals surface area contributed by atoms with Crippen molar-refractivity contribution in [3.63, 3.8) is 0 Å². The van der Waals surface area contributed by atoms with E-state index in [1.807, 2.05) is 0 Å². The van der Waals surface area contributed by atoms with Crippen LogP contribution in [0.25, 0.3) is 0 Å². The highest BCUT2D eigenvalue weighted by molar-refractivity contribution is 6.99. The molecule has 0 atom stereocenters. The van der Waals surface area contributed by atoms with Crippen molar-refractivity contribution >= 4 is 17.5 Å². The van der Waals surface area contributed by atoms with Crippen LogP contribution < -0.4 is 0 Å². The lowest BCUT2D eigenvalue weighted by molar-refractivity contribution is 0.0980. The van der Waals surface area contributed by atoms with Crippen molar-refractivity contribution < 1.29 is 4.79 Å². The first kappa shape index (κ1) is 8.07. The molecule has 0 aliphatic carbocycles. The quantitative estimate of drug-likeness (QED) is 0.507. The van der Waals surface area contributed by atoms with E-state index < -0.39 is 0 Å². The van der Waals surface area contributed by atoms with E-state index >= 15 is 0 Å². The fourth-order valence-electron chi connectivity index (χ4n) is 0.649. The molecule has 1 aromatic rings. The molecule has 3 nitrogen and oxygen atoms in total. The first-order valence-electron chi connectivity index (χ1n) is 3.26. The second-order valence-corrected chi connectivity index (χ2v) is 2.60.